The molecule has 0 radical (unpaired) electrons. The number of thioether (sulfide) groups is 1. The second-order valence-corrected chi connectivity index (χ2v) is 11.9. The van der Waals surface area contributed by atoms with Crippen molar-refractivity contribution in [1.29, 1.82) is 0 Å². The van der Waals surface area contributed by atoms with Crippen molar-refractivity contribution in [1.82, 2.24) is 9.29 Å². The van der Waals surface area contributed by atoms with E-state index in [-0.39, 0.29) is 9.77 Å². The summed E-state index contributed by atoms with van der Waals surface area (Å²) in [6, 6.07) is 20.5. The highest BCUT2D eigenvalue weighted by Crippen LogP contribution is 2.24. The first-order valence-electron chi connectivity index (χ1n) is 10.3. The number of nitrogens with zero attached hydrogens (tertiary/aromatic N) is 1. The average molecular weight is 519 g/mol. The van der Waals surface area contributed by atoms with Crippen LogP contribution in [0.15, 0.2) is 76.4 Å². The Morgan fingerprint density at radius 3 is 2.58 bits per heavy atom. The Morgan fingerprint density at radius 1 is 1.06 bits per heavy atom. The molecule has 5 nitrogen and oxygen atoms in total. The Balaban J connectivity index is 1.41. The molecule has 4 rings (SSSR count). The smallest absolute Gasteiger partial charge is 0.294 e. The van der Waals surface area contributed by atoms with Crippen molar-refractivity contribution >= 4 is 54.9 Å². The summed E-state index contributed by atoms with van der Waals surface area (Å²) in [6.45, 7) is 2.72. The van der Waals surface area contributed by atoms with Gasteiger partial charge in [-0.15, -0.1) is 0 Å². The minimum atomic E-state index is -3.66. The maximum atomic E-state index is 12.8. The van der Waals surface area contributed by atoms with Crippen LogP contribution in [0.25, 0.3) is 10.2 Å². The highest BCUT2D eigenvalue weighted by atomic mass is 35.5. The number of fused-ring (bicyclic) bond motifs is 1. The number of aromatic nitrogens is 1. The zero-order chi connectivity index (χ0) is 23.4. The van der Waals surface area contributed by atoms with Crippen LogP contribution in [0.2, 0.25) is 5.02 Å². The molecular weight excluding hydrogens is 496 g/mol. The Bertz CT molecular complexity index is 1430. The zero-order valence-corrected chi connectivity index (χ0v) is 21.2. The zero-order valence-electron chi connectivity index (χ0n) is 18.0. The molecule has 0 aliphatic rings. The summed E-state index contributed by atoms with van der Waals surface area (Å²) in [7, 11) is -3.66. The van der Waals surface area contributed by atoms with E-state index in [2.05, 4.69) is 35.9 Å². The van der Waals surface area contributed by atoms with E-state index in [9.17, 15) is 13.2 Å². The third-order valence-electron chi connectivity index (χ3n) is 5.16. The van der Waals surface area contributed by atoms with E-state index in [1.54, 1.807) is 40.6 Å². The van der Waals surface area contributed by atoms with Crippen LogP contribution in [0.1, 0.15) is 16.7 Å². The molecular formula is C24H23ClN2O3S3. The quantitative estimate of drug-likeness (QED) is 0.306. The topological polar surface area (TPSA) is 68.2 Å². The molecule has 33 heavy (non-hydrogen) atoms. The third-order valence-corrected chi connectivity index (χ3v) is 8.96. The Labute approximate surface area is 206 Å². The van der Waals surface area contributed by atoms with Crippen LogP contribution in [-0.2, 0) is 22.3 Å². The number of halogens is 1. The predicted molar refractivity (Wildman–Crippen MR) is 139 cm³/mol. The largest absolute Gasteiger partial charge is 0.308 e. The number of hydrogen-bond acceptors (Lipinski definition) is 5. The number of thiazole rings is 1. The van der Waals surface area contributed by atoms with E-state index in [0.717, 1.165) is 22.7 Å². The lowest BCUT2D eigenvalue weighted by molar-refractivity contribution is 0.584. The lowest BCUT2D eigenvalue weighted by atomic mass is 10.2. The van der Waals surface area contributed by atoms with Crippen LogP contribution in [0.5, 0.6) is 0 Å². The van der Waals surface area contributed by atoms with Crippen LogP contribution in [0.3, 0.4) is 0 Å². The molecule has 0 saturated heterocycles. The first kappa shape index (κ1) is 24.0. The minimum absolute atomic E-state index is 0.153. The van der Waals surface area contributed by atoms with Crippen LogP contribution >= 0.6 is 34.7 Å². The van der Waals surface area contributed by atoms with Crippen LogP contribution in [-0.4, -0.2) is 25.3 Å². The number of nitrogens with one attached hydrogen (secondary N) is 1. The molecule has 4 aromatic rings. The number of hydrogen-bond donors (Lipinski definition) is 1. The van der Waals surface area contributed by atoms with Gasteiger partial charge in [-0.1, -0.05) is 71.0 Å². The molecule has 9 heteroatoms. The third kappa shape index (κ3) is 5.88. The number of sulfonamides is 1. The summed E-state index contributed by atoms with van der Waals surface area (Å²) < 4.78 is 30.4. The van der Waals surface area contributed by atoms with Crippen molar-refractivity contribution in [3.05, 3.63) is 98.1 Å². The lowest BCUT2D eigenvalue weighted by Crippen LogP contribution is -2.26. The molecule has 0 spiro atoms. The van der Waals surface area contributed by atoms with Gasteiger partial charge < -0.3 is 0 Å². The molecule has 0 fully saturated rings. The maximum absolute atomic E-state index is 12.8. The Hall–Kier alpha value is -2.10. The summed E-state index contributed by atoms with van der Waals surface area (Å²) in [5.41, 5.74) is 3.97. The van der Waals surface area contributed by atoms with E-state index in [4.69, 9.17) is 11.6 Å². The summed E-state index contributed by atoms with van der Waals surface area (Å²) in [6.07, 6.45) is 0. The molecule has 0 aliphatic heterocycles. The fourth-order valence-corrected chi connectivity index (χ4v) is 6.57. The van der Waals surface area contributed by atoms with Gasteiger partial charge in [-0.25, -0.2) is 13.1 Å². The normalized spacial score (nSPS) is 11.8. The fourth-order valence-electron chi connectivity index (χ4n) is 3.37. The lowest BCUT2D eigenvalue weighted by Gasteiger charge is -2.08. The summed E-state index contributed by atoms with van der Waals surface area (Å²) >= 11 is 8.95. The highest BCUT2D eigenvalue weighted by molar-refractivity contribution is 7.98. The standard InChI is InChI=1S/C24H23ClN2O3S3/c1-17-6-8-18(9-7-17)16-31-13-12-26-33(29,30)20-10-11-22-23(14-20)32-24(28)27(22)15-19-4-2-3-5-21(19)25/h2-11,14,26H,12-13,15-16H2,1H3. The van der Waals surface area contributed by atoms with Crippen molar-refractivity contribution < 1.29 is 8.42 Å². The summed E-state index contributed by atoms with van der Waals surface area (Å²) in [5.74, 6) is 1.50. The van der Waals surface area contributed by atoms with Gasteiger partial charge in [-0.2, -0.15) is 11.8 Å². The molecule has 0 bridgehead atoms. The van der Waals surface area contributed by atoms with E-state index >= 15 is 0 Å². The van der Waals surface area contributed by atoms with Gasteiger partial charge in [-0.05, 0) is 42.3 Å². The molecule has 0 amide bonds. The molecule has 1 heterocycles. The maximum Gasteiger partial charge on any atom is 0.308 e. The fraction of sp³-hybridized carbons (Fsp3) is 0.208. The molecule has 172 valence electrons. The summed E-state index contributed by atoms with van der Waals surface area (Å²) in [4.78, 5) is 12.6. The molecule has 0 atom stereocenters. The summed E-state index contributed by atoms with van der Waals surface area (Å²) in [5, 5.41) is 0.590. The van der Waals surface area contributed by atoms with Gasteiger partial charge in [0.05, 0.1) is 21.7 Å². The van der Waals surface area contributed by atoms with E-state index in [1.165, 1.54) is 11.1 Å². The number of rotatable bonds is 9. The molecule has 1 aromatic heterocycles. The second kappa shape index (κ2) is 10.4. The van der Waals surface area contributed by atoms with Gasteiger partial charge in [0.25, 0.3) is 0 Å². The monoisotopic (exact) mass is 518 g/mol. The molecule has 1 N–H and O–H groups in total. The molecule has 0 aliphatic carbocycles. The van der Waals surface area contributed by atoms with Crippen LogP contribution in [0.4, 0.5) is 0 Å². The van der Waals surface area contributed by atoms with Gasteiger partial charge in [0, 0.05) is 23.1 Å². The Kier molecular flexibility index (Phi) is 7.61. The van der Waals surface area contributed by atoms with Crippen molar-refractivity contribution in [3.63, 3.8) is 0 Å². The molecule has 0 unspecified atom stereocenters. The van der Waals surface area contributed by atoms with Crippen molar-refractivity contribution in [2.75, 3.05) is 12.3 Å². The first-order valence-corrected chi connectivity index (χ1v) is 14.2. The predicted octanol–water partition coefficient (Wildman–Crippen LogP) is 5.28. The van der Waals surface area contributed by atoms with E-state index in [1.807, 2.05) is 18.2 Å². The van der Waals surface area contributed by atoms with Crippen molar-refractivity contribution in [2.45, 2.75) is 24.1 Å². The van der Waals surface area contributed by atoms with Crippen molar-refractivity contribution in [3.8, 4) is 0 Å². The van der Waals surface area contributed by atoms with E-state index < -0.39 is 10.0 Å². The SMILES string of the molecule is Cc1ccc(CSCCNS(=O)(=O)c2ccc3c(c2)sc(=O)n3Cc2ccccc2Cl)cc1. The van der Waals surface area contributed by atoms with Crippen LogP contribution < -0.4 is 9.60 Å². The van der Waals surface area contributed by atoms with Gasteiger partial charge in [0.1, 0.15) is 0 Å². The average Bonchev–Trinajstić information content (AvgIpc) is 3.10. The Morgan fingerprint density at radius 2 is 1.82 bits per heavy atom. The van der Waals surface area contributed by atoms with Gasteiger partial charge in [0.2, 0.25) is 10.0 Å². The molecule has 0 saturated carbocycles. The number of aryl methyl sites for hydroxylation is 1. The van der Waals surface area contributed by atoms with Gasteiger partial charge >= 0.3 is 4.87 Å². The van der Waals surface area contributed by atoms with Crippen LogP contribution in [0, 0.1) is 6.92 Å². The van der Waals surface area contributed by atoms with E-state index in [0.29, 0.717) is 34.1 Å². The van der Waals surface area contributed by atoms with Gasteiger partial charge in [0.15, 0.2) is 0 Å². The second-order valence-electron chi connectivity index (χ2n) is 7.61. The minimum Gasteiger partial charge on any atom is -0.294 e. The van der Waals surface area contributed by atoms with Crippen molar-refractivity contribution in [2.24, 2.45) is 0 Å². The first-order chi connectivity index (χ1) is 15.8. The highest BCUT2D eigenvalue weighted by Gasteiger charge is 2.17. The van der Waals surface area contributed by atoms with Gasteiger partial charge in [-0.3, -0.25) is 9.36 Å². The molecule has 3 aromatic carbocycles. The number of benzene rings is 3.